The van der Waals surface area contributed by atoms with Crippen molar-refractivity contribution in [3.8, 4) is 11.4 Å². The molecule has 1 saturated heterocycles. The van der Waals surface area contributed by atoms with Gasteiger partial charge in [-0.15, -0.1) is 0 Å². The van der Waals surface area contributed by atoms with Crippen LogP contribution in [-0.4, -0.2) is 46.3 Å². The van der Waals surface area contributed by atoms with Crippen molar-refractivity contribution in [1.29, 1.82) is 0 Å². The van der Waals surface area contributed by atoms with E-state index in [0.29, 0.717) is 53.4 Å². The van der Waals surface area contributed by atoms with E-state index in [2.05, 4.69) is 20.4 Å². The second kappa shape index (κ2) is 11.8. The Morgan fingerprint density at radius 2 is 2.15 bits per heavy atom. The third-order valence-electron chi connectivity index (χ3n) is 5.94. The van der Waals surface area contributed by atoms with Gasteiger partial charge in [-0.25, -0.2) is 4.39 Å². The molecule has 2 heterocycles. The van der Waals surface area contributed by atoms with Crippen molar-refractivity contribution in [1.82, 2.24) is 20.4 Å². The maximum atomic E-state index is 13.8. The van der Waals surface area contributed by atoms with E-state index in [-0.39, 0.29) is 17.6 Å². The quantitative estimate of drug-likeness (QED) is 0.410. The summed E-state index contributed by atoms with van der Waals surface area (Å²) in [5.74, 6) is 2.01. The predicted molar refractivity (Wildman–Crippen MR) is 133 cm³/mol. The van der Waals surface area contributed by atoms with E-state index in [1.165, 1.54) is 6.07 Å². The Balaban J connectivity index is 1.21. The summed E-state index contributed by atoms with van der Waals surface area (Å²) in [4.78, 5) is 19.4. The summed E-state index contributed by atoms with van der Waals surface area (Å²) < 4.78 is 19.3. The maximum Gasteiger partial charge on any atom is 0.241 e. The number of thioether (sulfide) groups is 1. The van der Waals surface area contributed by atoms with Gasteiger partial charge in [0.05, 0.1) is 12.5 Å². The van der Waals surface area contributed by atoms with Gasteiger partial charge < -0.3 is 9.84 Å². The summed E-state index contributed by atoms with van der Waals surface area (Å²) in [7, 11) is 0. The number of hydrogen-bond acceptors (Lipinski definition) is 6. The Labute approximate surface area is 208 Å². The van der Waals surface area contributed by atoms with Crippen LogP contribution < -0.4 is 5.32 Å². The van der Waals surface area contributed by atoms with Gasteiger partial charge in [0.2, 0.25) is 17.6 Å². The molecule has 0 radical (unpaired) electrons. The fraction of sp³-hybridized carbons (Fsp3) is 0.400. The SMILES string of the molecule is Cc1ccccc1-c1noc(CN2CCCC(C(=O)NCCSCc3c(F)cccc3Cl)C2)n1. The van der Waals surface area contributed by atoms with E-state index in [0.717, 1.165) is 30.5 Å². The Kier molecular flexibility index (Phi) is 8.59. The second-order valence-corrected chi connectivity index (χ2v) is 9.96. The third-order valence-corrected chi connectivity index (χ3v) is 7.28. The van der Waals surface area contributed by atoms with Gasteiger partial charge in [-0.2, -0.15) is 16.7 Å². The summed E-state index contributed by atoms with van der Waals surface area (Å²) in [5.41, 5.74) is 2.57. The first-order valence-corrected chi connectivity index (χ1v) is 12.9. The van der Waals surface area contributed by atoms with Gasteiger partial charge in [-0.3, -0.25) is 9.69 Å². The van der Waals surface area contributed by atoms with Crippen molar-refractivity contribution in [3.63, 3.8) is 0 Å². The molecule has 1 atom stereocenters. The highest BCUT2D eigenvalue weighted by Crippen LogP contribution is 2.24. The number of amides is 1. The van der Waals surface area contributed by atoms with Crippen LogP contribution >= 0.6 is 23.4 Å². The van der Waals surface area contributed by atoms with Gasteiger partial charge in [-0.05, 0) is 44.0 Å². The van der Waals surface area contributed by atoms with Crippen LogP contribution in [-0.2, 0) is 17.1 Å². The monoisotopic (exact) mass is 502 g/mol. The van der Waals surface area contributed by atoms with Gasteiger partial charge in [0.25, 0.3) is 0 Å². The number of carbonyl (C=O) groups excluding carboxylic acids is 1. The van der Waals surface area contributed by atoms with Crippen LogP contribution in [0.4, 0.5) is 4.39 Å². The molecule has 9 heteroatoms. The summed E-state index contributed by atoms with van der Waals surface area (Å²) in [6, 6.07) is 12.6. The highest BCUT2D eigenvalue weighted by molar-refractivity contribution is 7.98. The number of likely N-dealkylation sites (tertiary alicyclic amines) is 1. The molecule has 2 aromatic carbocycles. The molecule has 1 unspecified atom stereocenters. The number of aromatic nitrogens is 2. The molecule has 6 nitrogen and oxygen atoms in total. The minimum atomic E-state index is -0.293. The molecule has 3 aromatic rings. The fourth-order valence-corrected chi connectivity index (χ4v) is 5.29. The van der Waals surface area contributed by atoms with Crippen LogP contribution in [0.15, 0.2) is 47.0 Å². The molecule has 1 aliphatic heterocycles. The zero-order valence-corrected chi connectivity index (χ0v) is 20.7. The normalized spacial score (nSPS) is 16.5. The van der Waals surface area contributed by atoms with Crippen LogP contribution in [0, 0.1) is 18.7 Å². The number of carbonyl (C=O) groups is 1. The number of benzene rings is 2. The largest absolute Gasteiger partial charge is 0.355 e. The van der Waals surface area contributed by atoms with E-state index in [9.17, 15) is 9.18 Å². The lowest BCUT2D eigenvalue weighted by atomic mass is 9.97. The van der Waals surface area contributed by atoms with Crippen LogP contribution in [0.1, 0.15) is 29.9 Å². The minimum Gasteiger partial charge on any atom is -0.355 e. The molecule has 0 aliphatic carbocycles. The first kappa shape index (κ1) is 24.7. The summed E-state index contributed by atoms with van der Waals surface area (Å²) in [6.07, 6.45) is 1.80. The van der Waals surface area contributed by atoms with Crippen molar-refractivity contribution < 1.29 is 13.7 Å². The van der Waals surface area contributed by atoms with E-state index in [1.807, 2.05) is 31.2 Å². The number of halogens is 2. The first-order chi connectivity index (χ1) is 16.5. The molecule has 4 rings (SSSR count). The van der Waals surface area contributed by atoms with Gasteiger partial charge in [0.15, 0.2) is 0 Å². The zero-order chi connectivity index (χ0) is 23.9. The van der Waals surface area contributed by atoms with Gasteiger partial charge in [0, 0.05) is 40.7 Å². The topological polar surface area (TPSA) is 71.3 Å². The number of nitrogens with one attached hydrogen (secondary N) is 1. The lowest BCUT2D eigenvalue weighted by Crippen LogP contribution is -2.43. The van der Waals surface area contributed by atoms with Gasteiger partial charge in [0.1, 0.15) is 5.82 Å². The van der Waals surface area contributed by atoms with Crippen molar-refractivity contribution in [2.24, 2.45) is 5.92 Å². The average Bonchev–Trinajstić information content (AvgIpc) is 3.29. The van der Waals surface area contributed by atoms with Gasteiger partial charge >= 0.3 is 0 Å². The number of piperidine rings is 1. The van der Waals surface area contributed by atoms with E-state index in [1.54, 1.807) is 23.9 Å². The van der Waals surface area contributed by atoms with E-state index in [4.69, 9.17) is 16.1 Å². The standard InChI is InChI=1S/C25H28ClFN4O2S/c1-17-6-2-3-8-19(17)24-29-23(33-30-24)15-31-12-5-7-18(14-31)25(32)28-11-13-34-16-20-21(26)9-4-10-22(20)27/h2-4,6,8-10,18H,5,7,11-16H2,1H3,(H,28,32). The molecule has 180 valence electrons. The first-order valence-electron chi connectivity index (χ1n) is 11.4. The number of rotatable bonds is 9. The minimum absolute atomic E-state index is 0.0559. The molecule has 0 bridgehead atoms. The van der Waals surface area contributed by atoms with Gasteiger partial charge in [-0.1, -0.05) is 47.1 Å². The maximum absolute atomic E-state index is 13.8. The van der Waals surface area contributed by atoms with E-state index >= 15 is 0 Å². The smallest absolute Gasteiger partial charge is 0.241 e. The molecule has 1 aromatic heterocycles. The lowest BCUT2D eigenvalue weighted by Gasteiger charge is -2.30. The van der Waals surface area contributed by atoms with Crippen LogP contribution in [0.3, 0.4) is 0 Å². The molecule has 34 heavy (non-hydrogen) atoms. The highest BCUT2D eigenvalue weighted by atomic mass is 35.5. The molecule has 0 saturated carbocycles. The zero-order valence-electron chi connectivity index (χ0n) is 19.1. The molecule has 1 amide bonds. The number of aryl methyl sites for hydroxylation is 1. The number of nitrogens with zero attached hydrogens (tertiary/aromatic N) is 3. The number of hydrogen-bond donors (Lipinski definition) is 1. The van der Waals surface area contributed by atoms with Crippen LogP contribution in [0.25, 0.3) is 11.4 Å². The average molecular weight is 503 g/mol. The van der Waals surface area contributed by atoms with Crippen molar-refractivity contribution in [2.45, 2.75) is 32.1 Å². The second-order valence-electron chi connectivity index (χ2n) is 8.44. The highest BCUT2D eigenvalue weighted by Gasteiger charge is 2.26. The summed E-state index contributed by atoms with van der Waals surface area (Å²) in [6.45, 7) is 4.64. The lowest BCUT2D eigenvalue weighted by molar-refractivity contribution is -0.126. The molecule has 1 aliphatic rings. The Hall–Kier alpha value is -2.42. The molecular weight excluding hydrogens is 475 g/mol. The fourth-order valence-electron chi connectivity index (χ4n) is 4.09. The molecule has 0 spiro atoms. The molecular formula is C25H28ClFN4O2S. The predicted octanol–water partition coefficient (Wildman–Crippen LogP) is 5.10. The van der Waals surface area contributed by atoms with Crippen molar-refractivity contribution >= 4 is 29.3 Å². The molecule has 1 N–H and O–H groups in total. The van der Waals surface area contributed by atoms with E-state index < -0.39 is 0 Å². The Morgan fingerprint density at radius 3 is 2.97 bits per heavy atom. The Bertz CT molecular complexity index is 1110. The Morgan fingerprint density at radius 1 is 1.29 bits per heavy atom. The van der Waals surface area contributed by atoms with Crippen molar-refractivity contribution in [2.75, 3.05) is 25.4 Å². The molecule has 1 fully saturated rings. The summed E-state index contributed by atoms with van der Waals surface area (Å²) >= 11 is 7.61. The van der Waals surface area contributed by atoms with Crippen LogP contribution in [0.5, 0.6) is 0 Å². The van der Waals surface area contributed by atoms with Crippen LogP contribution in [0.2, 0.25) is 5.02 Å². The summed E-state index contributed by atoms with van der Waals surface area (Å²) in [5, 5.41) is 7.59. The van der Waals surface area contributed by atoms with Crippen molar-refractivity contribution in [3.05, 3.63) is 70.3 Å². The third kappa shape index (κ3) is 6.37.